The molecule has 0 radical (unpaired) electrons. The van der Waals surface area contributed by atoms with Gasteiger partial charge < -0.3 is 14.7 Å². The van der Waals surface area contributed by atoms with E-state index < -0.39 is 0 Å². The first-order chi connectivity index (χ1) is 15.6. The largest absolute Gasteiger partial charge is 0.508 e. The van der Waals surface area contributed by atoms with Gasteiger partial charge in [0, 0.05) is 12.6 Å². The van der Waals surface area contributed by atoms with Crippen LogP contribution in [0.25, 0.3) is 11.3 Å². The van der Waals surface area contributed by atoms with Crippen molar-refractivity contribution in [1.29, 1.82) is 0 Å². The Morgan fingerprint density at radius 2 is 1.94 bits per heavy atom. The Bertz CT molecular complexity index is 1270. The summed E-state index contributed by atoms with van der Waals surface area (Å²) in [5, 5.41) is 12.6. The van der Waals surface area contributed by atoms with E-state index in [1.54, 1.807) is 36.3 Å². The van der Waals surface area contributed by atoms with Gasteiger partial charge in [0.05, 0.1) is 30.7 Å². The molecule has 8 heteroatoms. The normalized spacial score (nSPS) is 12.9. The number of hydrogen-bond acceptors (Lipinski definition) is 5. The van der Waals surface area contributed by atoms with Crippen LogP contribution in [0.2, 0.25) is 0 Å². The standard InChI is InChI=1S/C24H21N5O3/c1-28-15-21-22(26-23(28)31)27-24(29(21)14-16-6-5-9-18(30)12-16)32-19-10-11-20(25-13-19)17-7-3-2-4-8-17/h2-13,30H,14-15H2,1H3,(H,26,31). The number of pyridine rings is 1. The molecular formula is C24H21N5O3. The average Bonchev–Trinajstić information content (AvgIpc) is 3.11. The number of anilines is 1. The Balaban J connectivity index is 1.47. The summed E-state index contributed by atoms with van der Waals surface area (Å²) in [6.07, 6.45) is 1.65. The zero-order valence-corrected chi connectivity index (χ0v) is 17.4. The topological polar surface area (TPSA) is 92.5 Å². The molecule has 2 aromatic heterocycles. The van der Waals surface area contributed by atoms with Gasteiger partial charge in [-0.25, -0.2) is 4.79 Å². The summed E-state index contributed by atoms with van der Waals surface area (Å²) in [5.41, 5.74) is 3.56. The summed E-state index contributed by atoms with van der Waals surface area (Å²) in [7, 11) is 1.72. The number of nitrogens with one attached hydrogen (secondary N) is 1. The predicted molar refractivity (Wildman–Crippen MR) is 120 cm³/mol. The number of aromatic nitrogens is 3. The highest BCUT2D eigenvalue weighted by atomic mass is 16.5. The van der Waals surface area contributed by atoms with Crippen molar-refractivity contribution in [2.45, 2.75) is 13.1 Å². The number of urea groups is 1. The van der Waals surface area contributed by atoms with E-state index in [4.69, 9.17) is 4.74 Å². The fourth-order valence-corrected chi connectivity index (χ4v) is 3.62. The summed E-state index contributed by atoms with van der Waals surface area (Å²) in [6, 6.07) is 20.8. The molecule has 0 saturated carbocycles. The lowest BCUT2D eigenvalue weighted by Crippen LogP contribution is -2.36. The summed E-state index contributed by atoms with van der Waals surface area (Å²) in [4.78, 5) is 22.7. The SMILES string of the molecule is CN1Cc2c(nc(Oc3ccc(-c4ccccc4)nc3)n2Cc2cccc(O)c2)NC1=O. The number of amides is 2. The van der Waals surface area contributed by atoms with E-state index in [1.807, 2.05) is 53.1 Å². The lowest BCUT2D eigenvalue weighted by Gasteiger charge is -2.24. The zero-order chi connectivity index (χ0) is 22.1. The van der Waals surface area contributed by atoms with Crippen LogP contribution in [0.15, 0.2) is 72.9 Å². The van der Waals surface area contributed by atoms with Crippen LogP contribution in [-0.2, 0) is 13.1 Å². The number of imidazole rings is 1. The van der Waals surface area contributed by atoms with Gasteiger partial charge in [0.25, 0.3) is 0 Å². The molecule has 1 aliphatic rings. The number of carbonyl (C=O) groups excluding carboxylic acids is 1. The van der Waals surface area contributed by atoms with Crippen molar-refractivity contribution in [2.24, 2.45) is 0 Å². The summed E-state index contributed by atoms with van der Waals surface area (Å²) in [6.45, 7) is 0.812. The molecule has 5 rings (SSSR count). The first kappa shape index (κ1) is 19.6. The Kier molecular flexibility index (Phi) is 4.95. The number of nitrogens with zero attached hydrogens (tertiary/aromatic N) is 4. The van der Waals surface area contributed by atoms with Gasteiger partial charge in [-0.3, -0.25) is 14.9 Å². The molecule has 0 unspecified atom stereocenters. The Morgan fingerprint density at radius 3 is 2.69 bits per heavy atom. The second-order valence-corrected chi connectivity index (χ2v) is 7.58. The minimum Gasteiger partial charge on any atom is -0.508 e. The highest BCUT2D eigenvalue weighted by Crippen LogP contribution is 2.31. The molecule has 4 aromatic rings. The number of rotatable bonds is 5. The van der Waals surface area contributed by atoms with Crippen LogP contribution in [0, 0.1) is 0 Å². The molecule has 32 heavy (non-hydrogen) atoms. The van der Waals surface area contributed by atoms with Gasteiger partial charge in [-0.05, 0) is 29.8 Å². The first-order valence-corrected chi connectivity index (χ1v) is 10.2. The van der Waals surface area contributed by atoms with E-state index in [0.29, 0.717) is 30.7 Å². The van der Waals surface area contributed by atoms with Gasteiger partial charge in [-0.1, -0.05) is 42.5 Å². The number of benzene rings is 2. The van der Waals surface area contributed by atoms with Crippen LogP contribution in [0.3, 0.4) is 0 Å². The molecule has 1 aliphatic heterocycles. The first-order valence-electron chi connectivity index (χ1n) is 10.2. The summed E-state index contributed by atoms with van der Waals surface area (Å²) in [5.74, 6) is 1.19. The van der Waals surface area contributed by atoms with E-state index in [9.17, 15) is 9.90 Å². The van der Waals surface area contributed by atoms with Crippen molar-refractivity contribution >= 4 is 11.8 Å². The molecule has 3 heterocycles. The average molecular weight is 427 g/mol. The molecule has 0 atom stereocenters. The van der Waals surface area contributed by atoms with E-state index in [1.165, 1.54) is 0 Å². The molecule has 0 spiro atoms. The predicted octanol–water partition coefficient (Wildman–Crippen LogP) is 4.47. The number of hydrogen-bond donors (Lipinski definition) is 2. The number of ether oxygens (including phenoxy) is 1. The van der Waals surface area contributed by atoms with Gasteiger partial charge in [0.1, 0.15) is 11.5 Å². The number of aromatic hydroxyl groups is 1. The van der Waals surface area contributed by atoms with Gasteiger partial charge in [0.2, 0.25) is 0 Å². The van der Waals surface area contributed by atoms with Crippen molar-refractivity contribution in [1.82, 2.24) is 19.4 Å². The van der Waals surface area contributed by atoms with Crippen LogP contribution < -0.4 is 10.1 Å². The summed E-state index contributed by atoms with van der Waals surface area (Å²) >= 11 is 0. The lowest BCUT2D eigenvalue weighted by atomic mass is 10.1. The fraction of sp³-hybridized carbons (Fsp3) is 0.125. The molecule has 0 bridgehead atoms. The maximum atomic E-state index is 12.1. The van der Waals surface area contributed by atoms with Crippen molar-refractivity contribution in [3.63, 3.8) is 0 Å². The maximum Gasteiger partial charge on any atom is 0.323 e. The monoisotopic (exact) mass is 427 g/mol. The molecule has 2 amide bonds. The number of phenols is 1. The van der Waals surface area contributed by atoms with E-state index in [-0.39, 0.29) is 11.8 Å². The minimum absolute atomic E-state index is 0.185. The smallest absolute Gasteiger partial charge is 0.323 e. The summed E-state index contributed by atoms with van der Waals surface area (Å²) < 4.78 is 7.98. The molecule has 160 valence electrons. The number of phenolic OH excluding ortho intramolecular Hbond substituents is 1. The Hall–Kier alpha value is -4.33. The second-order valence-electron chi connectivity index (χ2n) is 7.58. The highest BCUT2D eigenvalue weighted by molar-refractivity contribution is 5.90. The van der Waals surface area contributed by atoms with Crippen molar-refractivity contribution in [2.75, 3.05) is 12.4 Å². The quantitative estimate of drug-likeness (QED) is 0.490. The molecule has 2 aromatic carbocycles. The number of fused-ring (bicyclic) bond motifs is 1. The molecular weight excluding hydrogens is 406 g/mol. The molecule has 2 N–H and O–H groups in total. The molecule has 0 saturated heterocycles. The van der Waals surface area contributed by atoms with Crippen molar-refractivity contribution in [3.05, 3.63) is 84.2 Å². The van der Waals surface area contributed by atoms with Crippen molar-refractivity contribution in [3.8, 4) is 28.8 Å². The molecule has 8 nitrogen and oxygen atoms in total. The van der Waals surface area contributed by atoms with Gasteiger partial charge >= 0.3 is 12.0 Å². The van der Waals surface area contributed by atoms with E-state index in [0.717, 1.165) is 22.5 Å². The minimum atomic E-state index is -0.222. The number of carbonyl (C=O) groups is 1. The Labute approximate surface area is 184 Å². The third-order valence-electron chi connectivity index (χ3n) is 5.26. The maximum absolute atomic E-state index is 12.1. The third kappa shape index (κ3) is 3.85. The van der Waals surface area contributed by atoms with Gasteiger partial charge in [-0.2, -0.15) is 4.98 Å². The second kappa shape index (κ2) is 8.07. The van der Waals surface area contributed by atoms with Crippen LogP contribution in [-0.4, -0.2) is 37.6 Å². The van der Waals surface area contributed by atoms with Crippen LogP contribution in [0.4, 0.5) is 10.6 Å². The van der Waals surface area contributed by atoms with E-state index >= 15 is 0 Å². The van der Waals surface area contributed by atoms with Gasteiger partial charge in [-0.15, -0.1) is 0 Å². The Morgan fingerprint density at radius 1 is 1.09 bits per heavy atom. The lowest BCUT2D eigenvalue weighted by molar-refractivity contribution is 0.217. The zero-order valence-electron chi connectivity index (χ0n) is 17.4. The van der Waals surface area contributed by atoms with E-state index in [2.05, 4.69) is 15.3 Å². The van der Waals surface area contributed by atoms with Crippen LogP contribution >= 0.6 is 0 Å². The molecule has 0 fully saturated rings. The fourth-order valence-electron chi connectivity index (χ4n) is 3.62. The third-order valence-corrected chi connectivity index (χ3v) is 5.26. The van der Waals surface area contributed by atoms with Crippen molar-refractivity contribution < 1.29 is 14.6 Å². The van der Waals surface area contributed by atoms with Crippen LogP contribution in [0.1, 0.15) is 11.3 Å². The van der Waals surface area contributed by atoms with Gasteiger partial charge in [0.15, 0.2) is 5.82 Å². The van der Waals surface area contributed by atoms with Crippen LogP contribution in [0.5, 0.6) is 17.5 Å². The highest BCUT2D eigenvalue weighted by Gasteiger charge is 2.28. The molecule has 0 aliphatic carbocycles.